The number of hydrogen-bond donors (Lipinski definition) is 1. The van der Waals surface area contributed by atoms with Crippen LogP contribution in [-0.2, 0) is 16.0 Å². The number of anilines is 1. The maximum atomic E-state index is 12.2. The molecule has 0 aliphatic rings. The Morgan fingerprint density at radius 2 is 1.76 bits per heavy atom. The van der Waals surface area contributed by atoms with Gasteiger partial charge in [0.25, 0.3) is 0 Å². The molecule has 0 saturated heterocycles. The Bertz CT molecular complexity index is 751. The Kier molecular flexibility index (Phi) is 6.17. The van der Waals surface area contributed by atoms with Gasteiger partial charge >= 0.3 is 5.97 Å². The number of carbonyl (C=O) groups is 2. The van der Waals surface area contributed by atoms with Gasteiger partial charge in [0, 0.05) is 5.69 Å². The van der Waals surface area contributed by atoms with Crippen LogP contribution in [0.15, 0.2) is 42.5 Å². The number of hydrogen-bond acceptors (Lipinski definition) is 4. The van der Waals surface area contributed by atoms with Crippen molar-refractivity contribution in [2.24, 2.45) is 0 Å². The molecule has 2 rings (SSSR count). The van der Waals surface area contributed by atoms with E-state index in [1.54, 1.807) is 45.2 Å². The first-order chi connectivity index (χ1) is 11.9. The minimum absolute atomic E-state index is 0.136. The van der Waals surface area contributed by atoms with Crippen LogP contribution in [0.5, 0.6) is 5.75 Å². The minimum Gasteiger partial charge on any atom is -0.496 e. The molecule has 0 fully saturated rings. The third-order valence-electron chi connectivity index (χ3n) is 3.58. The Hall–Kier alpha value is -2.82. The summed E-state index contributed by atoms with van der Waals surface area (Å²) < 4.78 is 10.4. The molecule has 132 valence electrons. The maximum absolute atomic E-state index is 12.2. The van der Waals surface area contributed by atoms with E-state index in [9.17, 15) is 9.59 Å². The second-order valence-electron chi connectivity index (χ2n) is 6.06. The standard InChI is InChI=1S/C20H23NO4/c1-13(2)25-20(23)16-7-9-17(10-8-16)21-19(22)12-15-6-5-14(3)18(11-15)24-4/h5-11,13H,12H2,1-4H3,(H,21,22). The number of ether oxygens (including phenoxy) is 2. The van der Waals surface area contributed by atoms with Gasteiger partial charge in [-0.3, -0.25) is 4.79 Å². The number of esters is 1. The maximum Gasteiger partial charge on any atom is 0.338 e. The quantitative estimate of drug-likeness (QED) is 0.813. The molecule has 0 saturated carbocycles. The summed E-state index contributed by atoms with van der Waals surface area (Å²) in [5.74, 6) is 0.251. The topological polar surface area (TPSA) is 64.6 Å². The van der Waals surface area contributed by atoms with Gasteiger partial charge in [0.1, 0.15) is 5.75 Å². The molecule has 0 heterocycles. The second-order valence-corrected chi connectivity index (χ2v) is 6.06. The van der Waals surface area contributed by atoms with Crippen LogP contribution in [0, 0.1) is 6.92 Å². The summed E-state index contributed by atoms with van der Waals surface area (Å²) in [5, 5.41) is 2.82. The molecule has 0 aromatic heterocycles. The van der Waals surface area contributed by atoms with Crippen LogP contribution in [0.4, 0.5) is 5.69 Å². The van der Waals surface area contributed by atoms with E-state index in [4.69, 9.17) is 9.47 Å². The second kappa shape index (κ2) is 8.33. The lowest BCUT2D eigenvalue weighted by molar-refractivity contribution is -0.115. The molecule has 1 N–H and O–H groups in total. The van der Waals surface area contributed by atoms with Crippen molar-refractivity contribution in [3.63, 3.8) is 0 Å². The fourth-order valence-electron chi connectivity index (χ4n) is 2.34. The average molecular weight is 341 g/mol. The summed E-state index contributed by atoms with van der Waals surface area (Å²) in [7, 11) is 1.61. The van der Waals surface area contributed by atoms with E-state index in [-0.39, 0.29) is 24.4 Å². The van der Waals surface area contributed by atoms with Crippen LogP contribution in [0.1, 0.15) is 35.3 Å². The number of rotatable bonds is 6. The van der Waals surface area contributed by atoms with E-state index in [2.05, 4.69) is 5.32 Å². The van der Waals surface area contributed by atoms with Crippen molar-refractivity contribution in [1.29, 1.82) is 0 Å². The number of benzene rings is 2. The molecule has 0 aliphatic carbocycles. The Morgan fingerprint density at radius 3 is 2.36 bits per heavy atom. The summed E-state index contributed by atoms with van der Waals surface area (Å²) in [6.45, 7) is 5.55. The van der Waals surface area contributed by atoms with E-state index in [0.717, 1.165) is 16.9 Å². The van der Waals surface area contributed by atoms with Gasteiger partial charge in [0.2, 0.25) is 5.91 Å². The van der Waals surface area contributed by atoms with E-state index in [1.807, 2.05) is 25.1 Å². The first-order valence-corrected chi connectivity index (χ1v) is 8.13. The normalized spacial score (nSPS) is 10.4. The zero-order valence-electron chi connectivity index (χ0n) is 15.0. The molecule has 0 atom stereocenters. The SMILES string of the molecule is COc1cc(CC(=O)Nc2ccc(C(=O)OC(C)C)cc2)ccc1C. The molecule has 5 nitrogen and oxygen atoms in total. The molecule has 0 unspecified atom stereocenters. The highest BCUT2D eigenvalue weighted by Crippen LogP contribution is 2.19. The van der Waals surface area contributed by atoms with Crippen molar-refractivity contribution in [1.82, 2.24) is 0 Å². The van der Waals surface area contributed by atoms with Gasteiger partial charge in [-0.25, -0.2) is 4.79 Å². The predicted octanol–water partition coefficient (Wildman–Crippen LogP) is 3.75. The third-order valence-corrected chi connectivity index (χ3v) is 3.58. The molecule has 2 aromatic rings. The first-order valence-electron chi connectivity index (χ1n) is 8.13. The molecule has 0 aliphatic heterocycles. The highest BCUT2D eigenvalue weighted by molar-refractivity contribution is 5.94. The highest BCUT2D eigenvalue weighted by atomic mass is 16.5. The van der Waals surface area contributed by atoms with Crippen molar-refractivity contribution < 1.29 is 19.1 Å². The van der Waals surface area contributed by atoms with Gasteiger partial charge < -0.3 is 14.8 Å². The summed E-state index contributed by atoms with van der Waals surface area (Å²) in [6, 6.07) is 12.3. The van der Waals surface area contributed by atoms with Crippen molar-refractivity contribution in [3.8, 4) is 5.75 Å². The van der Waals surface area contributed by atoms with Crippen molar-refractivity contribution in [3.05, 3.63) is 59.2 Å². The number of nitrogens with one attached hydrogen (secondary N) is 1. The summed E-state index contributed by atoms with van der Waals surface area (Å²) in [4.78, 5) is 24.0. The zero-order valence-corrected chi connectivity index (χ0v) is 15.0. The van der Waals surface area contributed by atoms with Gasteiger partial charge in [-0.1, -0.05) is 12.1 Å². The summed E-state index contributed by atoms with van der Waals surface area (Å²) in [5.41, 5.74) is 2.98. The largest absolute Gasteiger partial charge is 0.496 e. The van der Waals surface area contributed by atoms with Crippen LogP contribution in [-0.4, -0.2) is 25.1 Å². The summed E-state index contributed by atoms with van der Waals surface area (Å²) >= 11 is 0. The van der Waals surface area contributed by atoms with Gasteiger partial charge in [-0.2, -0.15) is 0 Å². The number of methoxy groups -OCH3 is 1. The highest BCUT2D eigenvalue weighted by Gasteiger charge is 2.10. The number of aryl methyl sites for hydroxylation is 1. The fraction of sp³-hybridized carbons (Fsp3) is 0.300. The van der Waals surface area contributed by atoms with Crippen LogP contribution in [0.2, 0.25) is 0 Å². The molecular formula is C20H23NO4. The van der Waals surface area contributed by atoms with Gasteiger partial charge in [-0.15, -0.1) is 0 Å². The van der Waals surface area contributed by atoms with Crippen molar-refractivity contribution in [2.75, 3.05) is 12.4 Å². The minimum atomic E-state index is -0.375. The Labute approximate surface area is 148 Å². The Morgan fingerprint density at radius 1 is 1.08 bits per heavy atom. The third kappa shape index (κ3) is 5.35. The van der Waals surface area contributed by atoms with E-state index in [1.165, 1.54) is 0 Å². The van der Waals surface area contributed by atoms with Crippen LogP contribution in [0.25, 0.3) is 0 Å². The Balaban J connectivity index is 1.97. The zero-order chi connectivity index (χ0) is 18.4. The number of carbonyl (C=O) groups excluding carboxylic acids is 2. The van der Waals surface area contributed by atoms with Crippen LogP contribution >= 0.6 is 0 Å². The van der Waals surface area contributed by atoms with Crippen LogP contribution in [0.3, 0.4) is 0 Å². The monoisotopic (exact) mass is 341 g/mol. The fourth-order valence-corrected chi connectivity index (χ4v) is 2.34. The molecule has 2 aromatic carbocycles. The average Bonchev–Trinajstić information content (AvgIpc) is 2.56. The van der Waals surface area contributed by atoms with Gasteiger partial charge in [0.15, 0.2) is 0 Å². The smallest absolute Gasteiger partial charge is 0.338 e. The molecule has 25 heavy (non-hydrogen) atoms. The molecule has 0 bridgehead atoms. The lowest BCUT2D eigenvalue weighted by Crippen LogP contribution is -2.15. The molecule has 1 amide bonds. The summed E-state index contributed by atoms with van der Waals surface area (Å²) in [6.07, 6.45) is 0.0757. The van der Waals surface area contributed by atoms with Crippen molar-refractivity contribution in [2.45, 2.75) is 33.3 Å². The predicted molar refractivity (Wildman–Crippen MR) is 97.1 cm³/mol. The lowest BCUT2D eigenvalue weighted by atomic mass is 10.1. The molecule has 0 radical (unpaired) electrons. The molecular weight excluding hydrogens is 318 g/mol. The first kappa shape index (κ1) is 18.5. The van der Waals surface area contributed by atoms with Gasteiger partial charge in [0.05, 0.1) is 25.2 Å². The van der Waals surface area contributed by atoms with E-state index >= 15 is 0 Å². The van der Waals surface area contributed by atoms with Crippen LogP contribution < -0.4 is 10.1 Å². The van der Waals surface area contributed by atoms with E-state index in [0.29, 0.717) is 11.3 Å². The number of amides is 1. The molecule has 5 heteroatoms. The van der Waals surface area contributed by atoms with Gasteiger partial charge in [-0.05, 0) is 62.2 Å². The molecule has 0 spiro atoms. The van der Waals surface area contributed by atoms with Crippen molar-refractivity contribution >= 4 is 17.6 Å². The lowest BCUT2D eigenvalue weighted by Gasteiger charge is -2.10. The van der Waals surface area contributed by atoms with E-state index < -0.39 is 0 Å².